The number of ether oxygens (including phenoxy) is 1. The van der Waals surface area contributed by atoms with E-state index < -0.39 is 16.0 Å². The lowest BCUT2D eigenvalue weighted by atomic mass is 10.5. The van der Waals surface area contributed by atoms with Crippen molar-refractivity contribution in [2.75, 3.05) is 25.4 Å². The summed E-state index contributed by atoms with van der Waals surface area (Å²) < 4.78 is 29.4. The van der Waals surface area contributed by atoms with Crippen molar-refractivity contribution in [2.24, 2.45) is 0 Å². The normalized spacial score (nSPS) is 11.2. The second kappa shape index (κ2) is 8.03. The number of carbonyl (C=O) groups excluding carboxylic acids is 1. The zero-order chi connectivity index (χ0) is 13.3. The molecule has 0 spiro atoms. The molecule has 0 unspecified atom stereocenters. The first-order chi connectivity index (χ1) is 7.97. The molecule has 0 N–H and O–H groups in total. The molecule has 98 valence electrons. The molecule has 0 saturated heterocycles. The highest BCUT2D eigenvalue weighted by atomic mass is 32.2. The van der Waals surface area contributed by atoms with Crippen LogP contribution in [0.1, 0.15) is 26.7 Å². The van der Waals surface area contributed by atoms with E-state index >= 15 is 0 Å². The van der Waals surface area contributed by atoms with E-state index in [0.29, 0.717) is 6.54 Å². The van der Waals surface area contributed by atoms with Gasteiger partial charge < -0.3 is 4.74 Å². The topological polar surface area (TPSA) is 87.5 Å². The quantitative estimate of drug-likeness (QED) is 0.594. The molecule has 17 heavy (non-hydrogen) atoms. The molecular formula is C10H18N2O4S. The lowest BCUT2D eigenvalue weighted by Gasteiger charge is -2.18. The lowest BCUT2D eigenvalue weighted by Crippen LogP contribution is -2.34. The van der Waals surface area contributed by atoms with E-state index in [1.54, 1.807) is 13.8 Å². The summed E-state index contributed by atoms with van der Waals surface area (Å²) in [7, 11) is -3.48. The van der Waals surface area contributed by atoms with Gasteiger partial charge in [-0.15, -0.1) is 0 Å². The molecule has 0 rings (SSSR count). The van der Waals surface area contributed by atoms with Gasteiger partial charge in [-0.2, -0.15) is 5.26 Å². The first-order valence-electron chi connectivity index (χ1n) is 5.48. The summed E-state index contributed by atoms with van der Waals surface area (Å²) >= 11 is 0. The molecule has 0 radical (unpaired) electrons. The number of nitriles is 1. The van der Waals surface area contributed by atoms with Crippen molar-refractivity contribution >= 4 is 16.0 Å². The van der Waals surface area contributed by atoms with Crippen molar-refractivity contribution in [1.29, 1.82) is 5.26 Å². The Hall–Kier alpha value is -1.13. The molecule has 0 heterocycles. The maximum atomic E-state index is 11.8. The molecule has 0 aliphatic rings. The molecule has 0 aromatic heterocycles. The lowest BCUT2D eigenvalue weighted by molar-refractivity contribution is -0.142. The molecule has 0 aromatic rings. The largest absolute Gasteiger partial charge is 0.466 e. The number of hydrogen-bond donors (Lipinski definition) is 0. The fourth-order valence-corrected chi connectivity index (χ4v) is 2.69. The monoisotopic (exact) mass is 262 g/mol. The molecule has 0 aromatic carbocycles. The standard InChI is InChI=1S/C10H18N2O4S/c1-3-12(8-5-7-11)17(14,15)9-6-10(13)16-4-2/h3-6,8-9H2,1-2H3. The van der Waals surface area contributed by atoms with Gasteiger partial charge in [0.15, 0.2) is 0 Å². The van der Waals surface area contributed by atoms with Crippen LogP contribution in [0.25, 0.3) is 0 Å². The highest BCUT2D eigenvalue weighted by molar-refractivity contribution is 7.89. The molecule has 0 amide bonds. The Kier molecular flexibility index (Phi) is 7.50. The number of hydrogen-bond acceptors (Lipinski definition) is 5. The maximum Gasteiger partial charge on any atom is 0.306 e. The second-order valence-corrected chi connectivity index (χ2v) is 5.36. The molecule has 0 bridgehead atoms. The van der Waals surface area contributed by atoms with Gasteiger partial charge in [0.25, 0.3) is 0 Å². The Morgan fingerprint density at radius 2 is 2.06 bits per heavy atom. The fraction of sp³-hybridized carbons (Fsp3) is 0.800. The Labute approximate surface area is 102 Å². The van der Waals surface area contributed by atoms with E-state index in [0.717, 1.165) is 0 Å². The highest BCUT2D eigenvalue weighted by Gasteiger charge is 2.21. The van der Waals surface area contributed by atoms with Crippen LogP contribution in [0.2, 0.25) is 0 Å². The molecule has 0 fully saturated rings. The van der Waals surface area contributed by atoms with Gasteiger partial charge in [-0.25, -0.2) is 12.7 Å². The predicted molar refractivity (Wildman–Crippen MR) is 62.5 cm³/mol. The van der Waals surface area contributed by atoms with Gasteiger partial charge in [0.05, 0.1) is 24.8 Å². The average Bonchev–Trinajstić information content (AvgIpc) is 2.28. The Bertz CT molecular complexity index is 372. The second-order valence-electron chi connectivity index (χ2n) is 3.27. The molecule has 0 aliphatic heterocycles. The van der Waals surface area contributed by atoms with E-state index in [1.165, 1.54) is 4.31 Å². The van der Waals surface area contributed by atoms with Crippen molar-refractivity contribution in [3.63, 3.8) is 0 Å². The van der Waals surface area contributed by atoms with Crippen LogP contribution in [0.15, 0.2) is 0 Å². The van der Waals surface area contributed by atoms with Crippen molar-refractivity contribution in [3.05, 3.63) is 0 Å². The zero-order valence-electron chi connectivity index (χ0n) is 10.2. The summed E-state index contributed by atoms with van der Waals surface area (Å²) in [5.74, 6) is -0.794. The van der Waals surface area contributed by atoms with Gasteiger partial charge in [-0.3, -0.25) is 4.79 Å². The maximum absolute atomic E-state index is 11.8. The van der Waals surface area contributed by atoms with Gasteiger partial charge in [0, 0.05) is 19.5 Å². The van der Waals surface area contributed by atoms with Gasteiger partial charge >= 0.3 is 5.97 Å². The number of carbonyl (C=O) groups is 1. The molecule has 0 aliphatic carbocycles. The van der Waals surface area contributed by atoms with Crippen LogP contribution in [0.4, 0.5) is 0 Å². The summed E-state index contributed by atoms with van der Waals surface area (Å²) in [6.07, 6.45) is -0.00823. The minimum Gasteiger partial charge on any atom is -0.466 e. The van der Waals surface area contributed by atoms with E-state index in [4.69, 9.17) is 5.26 Å². The average molecular weight is 262 g/mol. The minimum atomic E-state index is -3.48. The first kappa shape index (κ1) is 15.9. The number of esters is 1. The van der Waals surface area contributed by atoms with Crippen LogP contribution in [0, 0.1) is 11.3 Å². The van der Waals surface area contributed by atoms with Crippen molar-refractivity contribution in [2.45, 2.75) is 26.7 Å². The van der Waals surface area contributed by atoms with E-state index in [9.17, 15) is 13.2 Å². The molecule has 0 saturated carbocycles. The Morgan fingerprint density at radius 3 is 2.53 bits per heavy atom. The SMILES string of the molecule is CCOC(=O)CCS(=O)(=O)N(CC)CCC#N. The van der Waals surface area contributed by atoms with Crippen LogP contribution in [-0.2, 0) is 19.6 Å². The van der Waals surface area contributed by atoms with Crippen LogP contribution >= 0.6 is 0 Å². The minimum absolute atomic E-state index is 0.145. The number of nitrogens with zero attached hydrogens (tertiary/aromatic N) is 2. The molecular weight excluding hydrogens is 244 g/mol. The van der Waals surface area contributed by atoms with Crippen LogP contribution in [-0.4, -0.2) is 44.1 Å². The van der Waals surface area contributed by atoms with Gasteiger partial charge in [0.2, 0.25) is 10.0 Å². The summed E-state index contributed by atoms with van der Waals surface area (Å²) in [5.41, 5.74) is 0. The van der Waals surface area contributed by atoms with Crippen molar-refractivity contribution < 1.29 is 17.9 Å². The third-order valence-electron chi connectivity index (χ3n) is 2.09. The Morgan fingerprint density at radius 1 is 1.41 bits per heavy atom. The predicted octanol–water partition coefficient (Wildman–Crippen LogP) is 0.505. The van der Waals surface area contributed by atoms with Crippen molar-refractivity contribution in [3.8, 4) is 6.07 Å². The smallest absolute Gasteiger partial charge is 0.306 e. The molecule has 7 heteroatoms. The van der Waals surface area contributed by atoms with Crippen LogP contribution in [0.3, 0.4) is 0 Å². The Balaban J connectivity index is 4.34. The third kappa shape index (κ3) is 6.24. The van der Waals surface area contributed by atoms with E-state index in [1.807, 2.05) is 6.07 Å². The zero-order valence-corrected chi connectivity index (χ0v) is 11.0. The van der Waals surface area contributed by atoms with E-state index in [2.05, 4.69) is 4.74 Å². The molecule has 6 nitrogen and oxygen atoms in total. The summed E-state index contributed by atoms with van der Waals surface area (Å²) in [6.45, 7) is 4.06. The molecule has 0 atom stereocenters. The summed E-state index contributed by atoms with van der Waals surface area (Å²) in [6, 6.07) is 1.89. The third-order valence-corrected chi connectivity index (χ3v) is 4.04. The van der Waals surface area contributed by atoms with Gasteiger partial charge in [-0.1, -0.05) is 6.92 Å². The summed E-state index contributed by atoms with van der Waals surface area (Å²) in [4.78, 5) is 11.1. The first-order valence-corrected chi connectivity index (χ1v) is 7.09. The van der Waals surface area contributed by atoms with E-state index in [-0.39, 0.29) is 31.7 Å². The fourth-order valence-electron chi connectivity index (χ4n) is 1.24. The number of sulfonamides is 1. The highest BCUT2D eigenvalue weighted by Crippen LogP contribution is 2.05. The van der Waals surface area contributed by atoms with Crippen LogP contribution in [0.5, 0.6) is 0 Å². The van der Waals surface area contributed by atoms with Gasteiger partial charge in [0.1, 0.15) is 0 Å². The van der Waals surface area contributed by atoms with Gasteiger partial charge in [-0.05, 0) is 6.92 Å². The number of rotatable bonds is 8. The summed E-state index contributed by atoms with van der Waals surface area (Å²) in [5, 5.41) is 8.42. The van der Waals surface area contributed by atoms with Crippen molar-refractivity contribution in [1.82, 2.24) is 4.31 Å². The van der Waals surface area contributed by atoms with Crippen LogP contribution < -0.4 is 0 Å².